The van der Waals surface area contributed by atoms with Gasteiger partial charge in [-0.2, -0.15) is 0 Å². The normalized spacial score (nSPS) is 17.9. The number of carbonyl (C=O) groups excluding carboxylic acids is 2. The second-order valence-electron chi connectivity index (χ2n) is 6.98. The van der Waals surface area contributed by atoms with Gasteiger partial charge in [0.15, 0.2) is 5.76 Å². The van der Waals surface area contributed by atoms with E-state index in [0.29, 0.717) is 49.5 Å². The van der Waals surface area contributed by atoms with E-state index in [0.717, 1.165) is 12.8 Å². The van der Waals surface area contributed by atoms with Crippen molar-refractivity contribution in [2.45, 2.75) is 31.7 Å². The zero-order chi connectivity index (χ0) is 18.6. The van der Waals surface area contributed by atoms with Crippen molar-refractivity contribution in [1.29, 1.82) is 0 Å². The molecule has 2 aliphatic rings. The van der Waals surface area contributed by atoms with Crippen molar-refractivity contribution in [2.24, 2.45) is 0 Å². The molecule has 2 aromatic heterocycles. The van der Waals surface area contributed by atoms with Crippen molar-refractivity contribution in [3.63, 3.8) is 0 Å². The number of nitrogens with one attached hydrogen (secondary N) is 1. The minimum absolute atomic E-state index is 0.128. The molecule has 1 aliphatic heterocycles. The van der Waals surface area contributed by atoms with Gasteiger partial charge in [0.25, 0.3) is 11.8 Å². The molecule has 2 fully saturated rings. The molecule has 0 atom stereocenters. The van der Waals surface area contributed by atoms with Gasteiger partial charge in [-0.25, -0.2) is 9.97 Å². The van der Waals surface area contributed by atoms with Crippen molar-refractivity contribution in [1.82, 2.24) is 19.8 Å². The molecule has 27 heavy (non-hydrogen) atoms. The molecule has 2 amide bonds. The zero-order valence-corrected chi connectivity index (χ0v) is 15.1. The Morgan fingerprint density at radius 1 is 1.04 bits per heavy atom. The zero-order valence-electron chi connectivity index (χ0n) is 15.1. The van der Waals surface area contributed by atoms with Gasteiger partial charge in [-0.15, -0.1) is 0 Å². The summed E-state index contributed by atoms with van der Waals surface area (Å²) in [6.07, 6.45) is 7.66. The second kappa shape index (κ2) is 7.77. The molecular formula is C19H23N5O3. The molecular weight excluding hydrogens is 346 g/mol. The number of anilines is 1. The average molecular weight is 369 g/mol. The summed E-state index contributed by atoms with van der Waals surface area (Å²) in [6.45, 7) is 1.90. The summed E-state index contributed by atoms with van der Waals surface area (Å²) in [7, 11) is 0. The molecule has 1 N–H and O–H groups in total. The summed E-state index contributed by atoms with van der Waals surface area (Å²) in [4.78, 5) is 36.9. The monoisotopic (exact) mass is 369 g/mol. The maximum Gasteiger partial charge on any atom is 0.289 e. The van der Waals surface area contributed by atoms with E-state index in [4.69, 9.17) is 4.42 Å². The van der Waals surface area contributed by atoms with Gasteiger partial charge in [0.05, 0.1) is 6.26 Å². The van der Waals surface area contributed by atoms with Crippen molar-refractivity contribution in [2.75, 3.05) is 31.5 Å². The molecule has 1 aliphatic carbocycles. The van der Waals surface area contributed by atoms with Gasteiger partial charge in [0, 0.05) is 38.3 Å². The first-order valence-electron chi connectivity index (χ1n) is 9.41. The Bertz CT molecular complexity index is 793. The number of rotatable bonds is 4. The maximum atomic E-state index is 12.8. The van der Waals surface area contributed by atoms with E-state index in [9.17, 15) is 9.59 Å². The Balaban J connectivity index is 1.35. The first-order valence-corrected chi connectivity index (χ1v) is 9.41. The summed E-state index contributed by atoms with van der Waals surface area (Å²) >= 11 is 0. The van der Waals surface area contributed by atoms with Crippen LogP contribution in [0.25, 0.3) is 0 Å². The van der Waals surface area contributed by atoms with Gasteiger partial charge in [0.2, 0.25) is 0 Å². The van der Waals surface area contributed by atoms with Crippen LogP contribution in [0.15, 0.2) is 35.2 Å². The van der Waals surface area contributed by atoms with Crippen LogP contribution in [0.3, 0.4) is 0 Å². The highest BCUT2D eigenvalue weighted by Gasteiger charge is 2.27. The molecule has 4 rings (SSSR count). The lowest BCUT2D eigenvalue weighted by Crippen LogP contribution is -2.50. The SMILES string of the molecule is O=C(c1cc(NC2CCCC2)ncn1)N1CCN(C(=O)c2ccco2)CC1. The lowest BCUT2D eigenvalue weighted by Gasteiger charge is -2.34. The van der Waals surface area contributed by atoms with Crippen molar-refractivity contribution < 1.29 is 14.0 Å². The van der Waals surface area contributed by atoms with E-state index in [1.807, 2.05) is 0 Å². The third-order valence-electron chi connectivity index (χ3n) is 5.18. The molecule has 0 bridgehead atoms. The Hall–Kier alpha value is -2.90. The first kappa shape index (κ1) is 17.5. The Morgan fingerprint density at radius 2 is 1.74 bits per heavy atom. The Kier molecular flexibility index (Phi) is 5.04. The van der Waals surface area contributed by atoms with Crippen LogP contribution in [0.1, 0.15) is 46.7 Å². The van der Waals surface area contributed by atoms with Crippen LogP contribution in [0.2, 0.25) is 0 Å². The number of hydrogen-bond acceptors (Lipinski definition) is 6. The van der Waals surface area contributed by atoms with Crippen LogP contribution in [0.5, 0.6) is 0 Å². The van der Waals surface area contributed by atoms with Gasteiger partial charge < -0.3 is 19.5 Å². The number of aromatic nitrogens is 2. The summed E-state index contributed by atoms with van der Waals surface area (Å²) in [5.41, 5.74) is 0.385. The minimum Gasteiger partial charge on any atom is -0.459 e. The molecule has 1 saturated heterocycles. The third-order valence-corrected chi connectivity index (χ3v) is 5.18. The summed E-state index contributed by atoms with van der Waals surface area (Å²) in [6, 6.07) is 5.50. The number of carbonyl (C=O) groups is 2. The van der Waals surface area contributed by atoms with Gasteiger partial charge in [-0.3, -0.25) is 9.59 Å². The predicted molar refractivity (Wildman–Crippen MR) is 98.4 cm³/mol. The highest BCUT2D eigenvalue weighted by atomic mass is 16.3. The van der Waals surface area contributed by atoms with Crippen LogP contribution in [-0.4, -0.2) is 63.8 Å². The highest BCUT2D eigenvalue weighted by Crippen LogP contribution is 2.21. The largest absolute Gasteiger partial charge is 0.459 e. The van der Waals surface area contributed by atoms with Crippen LogP contribution >= 0.6 is 0 Å². The highest BCUT2D eigenvalue weighted by molar-refractivity contribution is 5.94. The van der Waals surface area contributed by atoms with Crippen molar-refractivity contribution in [3.05, 3.63) is 42.2 Å². The van der Waals surface area contributed by atoms with E-state index in [1.165, 1.54) is 25.4 Å². The topological polar surface area (TPSA) is 91.6 Å². The summed E-state index contributed by atoms with van der Waals surface area (Å²) < 4.78 is 5.16. The van der Waals surface area contributed by atoms with E-state index in [1.54, 1.807) is 28.0 Å². The van der Waals surface area contributed by atoms with E-state index in [-0.39, 0.29) is 11.8 Å². The number of piperazine rings is 1. The molecule has 142 valence electrons. The predicted octanol–water partition coefficient (Wildman–Crippen LogP) is 2.02. The van der Waals surface area contributed by atoms with Gasteiger partial charge in [0.1, 0.15) is 17.8 Å². The molecule has 8 nitrogen and oxygen atoms in total. The fourth-order valence-corrected chi connectivity index (χ4v) is 3.66. The molecule has 0 radical (unpaired) electrons. The molecule has 8 heteroatoms. The Labute approximate surface area is 157 Å². The lowest BCUT2D eigenvalue weighted by atomic mass is 10.2. The van der Waals surface area contributed by atoms with Crippen LogP contribution in [0, 0.1) is 0 Å². The van der Waals surface area contributed by atoms with Gasteiger partial charge in [-0.05, 0) is 25.0 Å². The standard InChI is InChI=1S/C19H23N5O3/c25-18(15-12-17(21-13-20-15)22-14-4-1-2-5-14)23-7-9-24(10-8-23)19(26)16-6-3-11-27-16/h3,6,11-14H,1-2,4-5,7-10H2,(H,20,21,22). The Morgan fingerprint density at radius 3 is 2.41 bits per heavy atom. The molecule has 0 aromatic carbocycles. The fourth-order valence-electron chi connectivity index (χ4n) is 3.66. The van der Waals surface area contributed by atoms with Crippen molar-refractivity contribution in [3.8, 4) is 0 Å². The number of amides is 2. The van der Waals surface area contributed by atoms with E-state index < -0.39 is 0 Å². The second-order valence-corrected chi connectivity index (χ2v) is 6.98. The molecule has 0 spiro atoms. The molecule has 1 saturated carbocycles. The van der Waals surface area contributed by atoms with E-state index >= 15 is 0 Å². The number of nitrogens with zero attached hydrogens (tertiary/aromatic N) is 4. The van der Waals surface area contributed by atoms with Crippen LogP contribution < -0.4 is 5.32 Å². The number of furan rings is 1. The third kappa shape index (κ3) is 3.94. The smallest absolute Gasteiger partial charge is 0.289 e. The maximum absolute atomic E-state index is 12.8. The quantitative estimate of drug-likeness (QED) is 0.887. The molecule has 0 unspecified atom stereocenters. The fraction of sp³-hybridized carbons (Fsp3) is 0.474. The first-order chi connectivity index (χ1) is 13.2. The molecule has 2 aromatic rings. The van der Waals surface area contributed by atoms with Gasteiger partial charge >= 0.3 is 0 Å². The van der Waals surface area contributed by atoms with Crippen LogP contribution in [-0.2, 0) is 0 Å². The van der Waals surface area contributed by atoms with Crippen molar-refractivity contribution >= 4 is 17.6 Å². The summed E-state index contributed by atoms with van der Waals surface area (Å²) in [5.74, 6) is 0.759. The van der Waals surface area contributed by atoms with Crippen LogP contribution in [0.4, 0.5) is 5.82 Å². The minimum atomic E-state index is -0.141. The molecule has 3 heterocycles. The number of hydrogen-bond donors (Lipinski definition) is 1. The average Bonchev–Trinajstić information content (AvgIpc) is 3.41. The van der Waals surface area contributed by atoms with E-state index in [2.05, 4.69) is 15.3 Å². The summed E-state index contributed by atoms with van der Waals surface area (Å²) in [5, 5.41) is 3.39. The lowest BCUT2D eigenvalue weighted by molar-refractivity contribution is 0.0515. The van der Waals surface area contributed by atoms with Gasteiger partial charge in [-0.1, -0.05) is 12.8 Å².